The number of nitrogens with zero attached hydrogens (tertiary/aromatic N) is 3. The number of fused-ring (bicyclic) bond motifs is 1. The van der Waals surface area contributed by atoms with Crippen molar-refractivity contribution in [3.63, 3.8) is 0 Å². The zero-order valence-corrected chi connectivity index (χ0v) is 14.3. The van der Waals surface area contributed by atoms with Crippen LogP contribution >= 0.6 is 0 Å². The number of rotatable bonds is 3. The first-order valence-corrected chi connectivity index (χ1v) is 8.61. The highest BCUT2D eigenvalue weighted by Gasteiger charge is 2.33. The third-order valence-corrected chi connectivity index (χ3v) is 5.07. The van der Waals surface area contributed by atoms with E-state index in [1.807, 2.05) is 24.3 Å². The molecule has 0 radical (unpaired) electrons. The van der Waals surface area contributed by atoms with Gasteiger partial charge in [-0.3, -0.25) is 14.5 Å². The molecule has 2 aliphatic heterocycles. The minimum Gasteiger partial charge on any atom is -0.368 e. The van der Waals surface area contributed by atoms with Gasteiger partial charge in [-0.05, 0) is 37.7 Å². The molecular weight excluding hydrogens is 304 g/mol. The lowest BCUT2D eigenvalue weighted by molar-refractivity contribution is -0.141. The van der Waals surface area contributed by atoms with Crippen molar-refractivity contribution in [2.24, 2.45) is 5.73 Å². The molecule has 1 atom stereocenters. The summed E-state index contributed by atoms with van der Waals surface area (Å²) in [5.41, 5.74) is 7.80. The second-order valence-electron chi connectivity index (χ2n) is 6.85. The highest BCUT2D eigenvalue weighted by molar-refractivity contribution is 5.88. The average Bonchev–Trinajstić information content (AvgIpc) is 2.78. The summed E-state index contributed by atoms with van der Waals surface area (Å²) in [5, 5.41) is 0. The number of carbonyl (C=O) groups is 2. The second-order valence-corrected chi connectivity index (χ2v) is 6.85. The first-order chi connectivity index (χ1) is 11.5. The van der Waals surface area contributed by atoms with Gasteiger partial charge < -0.3 is 15.5 Å². The van der Waals surface area contributed by atoms with Crippen molar-refractivity contribution in [1.29, 1.82) is 0 Å². The maximum absolute atomic E-state index is 12.8. The van der Waals surface area contributed by atoms with Crippen LogP contribution in [0.1, 0.15) is 17.5 Å². The topological polar surface area (TPSA) is 69.9 Å². The zero-order valence-electron chi connectivity index (χ0n) is 14.3. The van der Waals surface area contributed by atoms with Crippen LogP contribution in [-0.2, 0) is 22.6 Å². The maximum atomic E-state index is 12.8. The standard InChI is InChI=1S/C18H26N4O2/c1-20-7-4-8-21(10-9-20)13-17(23)22-12-15-6-3-2-5-14(15)11-16(22)18(19)24/h2-3,5-6,16H,4,7-13H2,1H3,(H2,19,24). The fourth-order valence-corrected chi connectivity index (χ4v) is 3.58. The number of carbonyl (C=O) groups excluding carboxylic acids is 2. The molecule has 0 aliphatic carbocycles. The normalized spacial score (nSPS) is 22.7. The Labute approximate surface area is 143 Å². The average molecular weight is 330 g/mol. The fourth-order valence-electron chi connectivity index (χ4n) is 3.58. The van der Waals surface area contributed by atoms with Crippen LogP contribution in [0.25, 0.3) is 0 Å². The highest BCUT2D eigenvalue weighted by atomic mass is 16.2. The van der Waals surface area contributed by atoms with Crippen LogP contribution in [-0.4, -0.2) is 72.3 Å². The Hall–Kier alpha value is -1.92. The fraction of sp³-hybridized carbons (Fsp3) is 0.556. The molecular formula is C18H26N4O2. The second kappa shape index (κ2) is 7.32. The van der Waals surface area contributed by atoms with Crippen molar-refractivity contribution in [3.8, 4) is 0 Å². The number of primary amides is 1. The molecule has 130 valence electrons. The first-order valence-electron chi connectivity index (χ1n) is 8.61. The van der Waals surface area contributed by atoms with Gasteiger partial charge in [0.25, 0.3) is 0 Å². The van der Waals surface area contributed by atoms with Crippen LogP contribution < -0.4 is 5.73 Å². The third kappa shape index (κ3) is 3.76. The van der Waals surface area contributed by atoms with E-state index in [0.29, 0.717) is 19.5 Å². The van der Waals surface area contributed by atoms with Gasteiger partial charge in [-0.15, -0.1) is 0 Å². The van der Waals surface area contributed by atoms with Crippen molar-refractivity contribution in [2.75, 3.05) is 39.8 Å². The lowest BCUT2D eigenvalue weighted by Crippen LogP contribution is -2.53. The van der Waals surface area contributed by atoms with Crippen LogP contribution in [0.2, 0.25) is 0 Å². The summed E-state index contributed by atoms with van der Waals surface area (Å²) in [6.07, 6.45) is 1.58. The van der Waals surface area contributed by atoms with E-state index < -0.39 is 11.9 Å². The molecule has 6 heteroatoms. The van der Waals surface area contributed by atoms with Crippen molar-refractivity contribution in [1.82, 2.24) is 14.7 Å². The summed E-state index contributed by atoms with van der Waals surface area (Å²) in [6, 6.07) is 7.42. The van der Waals surface area contributed by atoms with Gasteiger partial charge in [0.05, 0.1) is 6.54 Å². The van der Waals surface area contributed by atoms with Gasteiger partial charge in [0, 0.05) is 26.1 Å². The van der Waals surface area contributed by atoms with E-state index >= 15 is 0 Å². The van der Waals surface area contributed by atoms with Gasteiger partial charge in [-0.25, -0.2) is 0 Å². The number of hydrogen-bond donors (Lipinski definition) is 1. The minimum absolute atomic E-state index is 0.00199. The van der Waals surface area contributed by atoms with Crippen LogP contribution in [0.3, 0.4) is 0 Å². The molecule has 6 nitrogen and oxygen atoms in total. The summed E-state index contributed by atoms with van der Waals surface area (Å²) in [5.74, 6) is -0.425. The summed E-state index contributed by atoms with van der Waals surface area (Å²) in [6.45, 7) is 4.66. The number of hydrogen-bond acceptors (Lipinski definition) is 4. The van der Waals surface area contributed by atoms with Gasteiger partial charge in [0.1, 0.15) is 6.04 Å². The summed E-state index contributed by atoms with van der Waals surface area (Å²) < 4.78 is 0. The van der Waals surface area contributed by atoms with Crippen molar-refractivity contribution in [3.05, 3.63) is 35.4 Å². The van der Waals surface area contributed by atoms with E-state index in [4.69, 9.17) is 5.73 Å². The molecule has 2 amide bonds. The molecule has 1 saturated heterocycles. The van der Waals surface area contributed by atoms with Gasteiger partial charge in [0.15, 0.2) is 0 Å². The quantitative estimate of drug-likeness (QED) is 0.851. The Balaban J connectivity index is 1.71. The highest BCUT2D eigenvalue weighted by Crippen LogP contribution is 2.23. The molecule has 1 unspecified atom stereocenters. The molecule has 1 fully saturated rings. The van der Waals surface area contributed by atoms with E-state index in [2.05, 4.69) is 16.8 Å². The van der Waals surface area contributed by atoms with Gasteiger partial charge >= 0.3 is 0 Å². The van der Waals surface area contributed by atoms with Crippen LogP contribution in [0.15, 0.2) is 24.3 Å². The van der Waals surface area contributed by atoms with Crippen LogP contribution in [0.5, 0.6) is 0 Å². The lowest BCUT2D eigenvalue weighted by Gasteiger charge is -2.36. The Morgan fingerprint density at radius 1 is 1.12 bits per heavy atom. The molecule has 1 aromatic carbocycles. The maximum Gasteiger partial charge on any atom is 0.240 e. The molecule has 0 spiro atoms. The SMILES string of the molecule is CN1CCCN(CC(=O)N2Cc3ccccc3CC2C(N)=O)CC1. The molecule has 0 aromatic heterocycles. The van der Waals surface area contributed by atoms with Gasteiger partial charge in [0.2, 0.25) is 11.8 Å². The Bertz CT molecular complexity index is 619. The van der Waals surface area contributed by atoms with Crippen LogP contribution in [0.4, 0.5) is 0 Å². The third-order valence-electron chi connectivity index (χ3n) is 5.07. The van der Waals surface area contributed by atoms with E-state index in [1.165, 1.54) is 0 Å². The lowest BCUT2D eigenvalue weighted by atomic mass is 9.93. The summed E-state index contributed by atoms with van der Waals surface area (Å²) in [4.78, 5) is 30.9. The molecule has 2 heterocycles. The molecule has 3 rings (SSSR count). The number of amides is 2. The molecule has 24 heavy (non-hydrogen) atoms. The largest absolute Gasteiger partial charge is 0.368 e. The Kier molecular flexibility index (Phi) is 5.16. The van der Waals surface area contributed by atoms with E-state index in [-0.39, 0.29) is 5.91 Å². The predicted molar refractivity (Wildman–Crippen MR) is 92.2 cm³/mol. The number of nitrogens with two attached hydrogens (primary N) is 1. The smallest absolute Gasteiger partial charge is 0.240 e. The Morgan fingerprint density at radius 3 is 2.62 bits per heavy atom. The van der Waals surface area contributed by atoms with E-state index in [0.717, 1.165) is 43.7 Å². The van der Waals surface area contributed by atoms with E-state index in [1.54, 1.807) is 4.90 Å². The molecule has 2 aliphatic rings. The molecule has 0 bridgehead atoms. The van der Waals surface area contributed by atoms with Gasteiger partial charge in [-0.2, -0.15) is 0 Å². The molecule has 1 aromatic rings. The zero-order chi connectivity index (χ0) is 17.1. The Morgan fingerprint density at radius 2 is 1.88 bits per heavy atom. The first kappa shape index (κ1) is 16.9. The molecule has 0 saturated carbocycles. The van der Waals surface area contributed by atoms with E-state index in [9.17, 15) is 9.59 Å². The number of likely N-dealkylation sites (N-methyl/N-ethyl adjacent to an activating group) is 1. The van der Waals surface area contributed by atoms with Crippen molar-refractivity contribution in [2.45, 2.75) is 25.4 Å². The van der Waals surface area contributed by atoms with Crippen LogP contribution in [0, 0.1) is 0 Å². The summed E-state index contributed by atoms with van der Waals surface area (Å²) >= 11 is 0. The molecule has 2 N–H and O–H groups in total. The minimum atomic E-state index is -0.540. The van der Waals surface area contributed by atoms with Crippen molar-refractivity contribution >= 4 is 11.8 Å². The summed E-state index contributed by atoms with van der Waals surface area (Å²) in [7, 11) is 2.11. The predicted octanol–water partition coefficient (Wildman–Crippen LogP) is 0.0627. The number of benzene rings is 1. The van der Waals surface area contributed by atoms with Crippen molar-refractivity contribution < 1.29 is 9.59 Å². The monoisotopic (exact) mass is 330 g/mol. The van der Waals surface area contributed by atoms with Gasteiger partial charge in [-0.1, -0.05) is 24.3 Å².